The van der Waals surface area contributed by atoms with Gasteiger partial charge in [0.2, 0.25) is 0 Å². The van der Waals surface area contributed by atoms with E-state index in [0.29, 0.717) is 12.5 Å². The number of ether oxygens (including phenoxy) is 2. The second-order valence-electron chi connectivity index (χ2n) is 3.73. The molecule has 3 heteroatoms. The predicted octanol–water partition coefficient (Wildman–Crippen LogP) is 2.29. The van der Waals surface area contributed by atoms with Crippen LogP contribution in [0.1, 0.15) is 30.9 Å². The number of rotatable bonds is 4. The zero-order valence-electron chi connectivity index (χ0n) is 9.83. The largest absolute Gasteiger partial charge is 0.493 e. The fourth-order valence-electron chi connectivity index (χ4n) is 1.76. The van der Waals surface area contributed by atoms with E-state index in [4.69, 9.17) is 15.2 Å². The Labute approximate surface area is 91.2 Å². The van der Waals surface area contributed by atoms with Crippen LogP contribution < -0.4 is 15.2 Å². The highest BCUT2D eigenvalue weighted by atomic mass is 16.5. The topological polar surface area (TPSA) is 44.5 Å². The Hall–Kier alpha value is -1.22. The SMILES string of the molecule is COc1ccc(C(C)C)c(CN)c1OC. The monoisotopic (exact) mass is 209 g/mol. The van der Waals surface area contributed by atoms with Crippen molar-refractivity contribution in [3.05, 3.63) is 23.3 Å². The third-order valence-electron chi connectivity index (χ3n) is 2.51. The molecule has 1 rings (SSSR count). The van der Waals surface area contributed by atoms with Crippen LogP contribution in [0.2, 0.25) is 0 Å². The van der Waals surface area contributed by atoms with Crippen LogP contribution in [0.25, 0.3) is 0 Å². The van der Waals surface area contributed by atoms with Gasteiger partial charge in [0.15, 0.2) is 11.5 Å². The fraction of sp³-hybridized carbons (Fsp3) is 0.500. The van der Waals surface area contributed by atoms with Crippen molar-refractivity contribution in [3.63, 3.8) is 0 Å². The molecule has 0 aliphatic heterocycles. The average Bonchev–Trinajstić information content (AvgIpc) is 2.26. The molecule has 0 bridgehead atoms. The van der Waals surface area contributed by atoms with Crippen LogP contribution in [0.5, 0.6) is 11.5 Å². The summed E-state index contributed by atoms with van der Waals surface area (Å²) < 4.78 is 10.6. The Balaban J connectivity index is 3.34. The molecule has 0 amide bonds. The van der Waals surface area contributed by atoms with Crippen LogP contribution in [0, 0.1) is 0 Å². The molecule has 0 aromatic heterocycles. The van der Waals surface area contributed by atoms with Gasteiger partial charge < -0.3 is 15.2 Å². The molecule has 0 aliphatic rings. The molecule has 2 N–H and O–H groups in total. The molecular formula is C12H19NO2. The van der Waals surface area contributed by atoms with Gasteiger partial charge in [0.25, 0.3) is 0 Å². The van der Waals surface area contributed by atoms with Crippen molar-refractivity contribution in [2.24, 2.45) is 5.73 Å². The number of benzene rings is 1. The summed E-state index contributed by atoms with van der Waals surface area (Å²) in [7, 11) is 3.27. The summed E-state index contributed by atoms with van der Waals surface area (Å²) in [5, 5.41) is 0. The van der Waals surface area contributed by atoms with Gasteiger partial charge in [-0.3, -0.25) is 0 Å². The molecule has 0 aliphatic carbocycles. The Bertz CT molecular complexity index is 335. The van der Waals surface area contributed by atoms with Crippen molar-refractivity contribution < 1.29 is 9.47 Å². The second kappa shape index (κ2) is 5.03. The van der Waals surface area contributed by atoms with Gasteiger partial charge in [0.1, 0.15) is 0 Å². The summed E-state index contributed by atoms with van der Waals surface area (Å²) in [6.07, 6.45) is 0. The van der Waals surface area contributed by atoms with Crippen LogP contribution in [0.15, 0.2) is 12.1 Å². The van der Waals surface area contributed by atoms with Gasteiger partial charge in [-0.2, -0.15) is 0 Å². The molecule has 0 unspecified atom stereocenters. The van der Waals surface area contributed by atoms with Gasteiger partial charge in [-0.1, -0.05) is 19.9 Å². The summed E-state index contributed by atoms with van der Waals surface area (Å²) in [5.74, 6) is 1.93. The first-order chi connectivity index (χ1) is 7.15. The number of hydrogen-bond acceptors (Lipinski definition) is 3. The smallest absolute Gasteiger partial charge is 0.165 e. The van der Waals surface area contributed by atoms with Crippen molar-refractivity contribution in [1.29, 1.82) is 0 Å². The number of nitrogens with two attached hydrogens (primary N) is 1. The summed E-state index contributed by atoms with van der Waals surface area (Å²) in [6, 6.07) is 3.97. The standard InChI is InChI=1S/C12H19NO2/c1-8(2)9-5-6-11(14-3)12(15-4)10(9)7-13/h5-6,8H,7,13H2,1-4H3. The molecule has 1 aromatic carbocycles. The Morgan fingerprint density at radius 3 is 2.27 bits per heavy atom. The fourth-order valence-corrected chi connectivity index (χ4v) is 1.76. The highest BCUT2D eigenvalue weighted by Crippen LogP contribution is 2.35. The van der Waals surface area contributed by atoms with Crippen LogP contribution in [0.4, 0.5) is 0 Å². The number of methoxy groups -OCH3 is 2. The lowest BCUT2D eigenvalue weighted by atomic mass is 9.96. The zero-order chi connectivity index (χ0) is 11.4. The lowest BCUT2D eigenvalue weighted by Crippen LogP contribution is -2.06. The van der Waals surface area contributed by atoms with E-state index in [1.165, 1.54) is 5.56 Å². The maximum atomic E-state index is 5.75. The van der Waals surface area contributed by atoms with Crippen molar-refractivity contribution in [2.45, 2.75) is 26.3 Å². The van der Waals surface area contributed by atoms with Crippen molar-refractivity contribution in [2.75, 3.05) is 14.2 Å². The molecule has 1 aromatic rings. The lowest BCUT2D eigenvalue weighted by Gasteiger charge is -2.17. The van der Waals surface area contributed by atoms with Gasteiger partial charge in [0, 0.05) is 12.1 Å². The van der Waals surface area contributed by atoms with Crippen molar-refractivity contribution in [3.8, 4) is 11.5 Å². The third-order valence-corrected chi connectivity index (χ3v) is 2.51. The first kappa shape index (κ1) is 11.9. The molecule has 15 heavy (non-hydrogen) atoms. The zero-order valence-corrected chi connectivity index (χ0v) is 9.83. The van der Waals surface area contributed by atoms with Gasteiger partial charge in [-0.05, 0) is 17.5 Å². The summed E-state index contributed by atoms with van der Waals surface area (Å²) in [5.41, 5.74) is 8.00. The second-order valence-corrected chi connectivity index (χ2v) is 3.73. The maximum Gasteiger partial charge on any atom is 0.165 e. The highest BCUT2D eigenvalue weighted by Gasteiger charge is 2.15. The molecule has 0 atom stereocenters. The summed E-state index contributed by atoms with van der Waals surface area (Å²) in [6.45, 7) is 4.74. The van der Waals surface area contributed by atoms with Crippen LogP contribution in [0.3, 0.4) is 0 Å². The molecule has 84 valence electrons. The van der Waals surface area contributed by atoms with Gasteiger partial charge >= 0.3 is 0 Å². The Kier molecular flexibility index (Phi) is 3.97. The van der Waals surface area contributed by atoms with E-state index in [1.807, 2.05) is 12.1 Å². The summed E-state index contributed by atoms with van der Waals surface area (Å²) >= 11 is 0. The van der Waals surface area contributed by atoms with Crippen molar-refractivity contribution in [1.82, 2.24) is 0 Å². The minimum Gasteiger partial charge on any atom is -0.493 e. The molecule has 3 nitrogen and oxygen atoms in total. The molecule has 0 fully saturated rings. The van der Waals surface area contributed by atoms with E-state index in [0.717, 1.165) is 17.1 Å². The quantitative estimate of drug-likeness (QED) is 0.827. The molecule has 0 saturated heterocycles. The van der Waals surface area contributed by atoms with E-state index in [-0.39, 0.29) is 0 Å². The first-order valence-electron chi connectivity index (χ1n) is 5.09. The number of hydrogen-bond donors (Lipinski definition) is 1. The van der Waals surface area contributed by atoms with E-state index in [1.54, 1.807) is 14.2 Å². The minimum atomic E-state index is 0.434. The van der Waals surface area contributed by atoms with Gasteiger partial charge in [-0.15, -0.1) is 0 Å². The third kappa shape index (κ3) is 2.23. The van der Waals surface area contributed by atoms with E-state index < -0.39 is 0 Å². The molecule has 0 heterocycles. The highest BCUT2D eigenvalue weighted by molar-refractivity contribution is 5.51. The van der Waals surface area contributed by atoms with Gasteiger partial charge in [-0.25, -0.2) is 0 Å². The first-order valence-corrected chi connectivity index (χ1v) is 5.09. The Morgan fingerprint density at radius 1 is 1.20 bits per heavy atom. The normalized spacial score (nSPS) is 10.5. The summed E-state index contributed by atoms with van der Waals surface area (Å²) in [4.78, 5) is 0. The molecule has 0 radical (unpaired) electrons. The van der Waals surface area contributed by atoms with Crippen molar-refractivity contribution >= 4 is 0 Å². The molecule has 0 spiro atoms. The van der Waals surface area contributed by atoms with Gasteiger partial charge in [0.05, 0.1) is 14.2 Å². The van der Waals surface area contributed by atoms with E-state index >= 15 is 0 Å². The predicted molar refractivity (Wildman–Crippen MR) is 61.5 cm³/mol. The minimum absolute atomic E-state index is 0.434. The molecule has 0 saturated carbocycles. The van der Waals surface area contributed by atoms with Crippen LogP contribution in [-0.2, 0) is 6.54 Å². The molecular weight excluding hydrogens is 190 g/mol. The van der Waals surface area contributed by atoms with Crippen LogP contribution >= 0.6 is 0 Å². The van der Waals surface area contributed by atoms with Crippen LogP contribution in [-0.4, -0.2) is 14.2 Å². The Morgan fingerprint density at radius 2 is 1.87 bits per heavy atom. The van der Waals surface area contributed by atoms with E-state index in [2.05, 4.69) is 13.8 Å². The van der Waals surface area contributed by atoms with E-state index in [9.17, 15) is 0 Å². The average molecular weight is 209 g/mol. The lowest BCUT2D eigenvalue weighted by molar-refractivity contribution is 0.351. The maximum absolute atomic E-state index is 5.75.